The van der Waals surface area contributed by atoms with E-state index in [1.807, 2.05) is 0 Å². The number of benzene rings is 1. The van der Waals surface area contributed by atoms with Crippen LogP contribution in [0.1, 0.15) is 16.8 Å². The molecule has 1 amide bonds. The molecule has 0 radical (unpaired) electrons. The molecule has 0 saturated carbocycles. The number of aromatic nitrogens is 2. The van der Waals surface area contributed by atoms with Gasteiger partial charge in [-0.2, -0.15) is 5.10 Å². The highest BCUT2D eigenvalue weighted by atomic mass is 79.9. The predicted octanol–water partition coefficient (Wildman–Crippen LogP) is 0.541. The van der Waals surface area contributed by atoms with E-state index in [4.69, 9.17) is 4.74 Å². The van der Waals surface area contributed by atoms with Gasteiger partial charge in [-0.05, 0) is 19.1 Å². The molecule has 132 valence electrons. The minimum Gasteiger partial charge on any atom is -0.504 e. The Bertz CT molecular complexity index is 948. The number of halogens is 1. The number of nitrogens with zero attached hydrogens (tertiary/aromatic N) is 1. The number of phenolic OH excluding ortho intramolecular Hbond substituents is 1. The molecular formula is C15H15BrN4O5. The number of hydrazone groups is 1. The summed E-state index contributed by atoms with van der Waals surface area (Å²) in [6.07, 6.45) is 0.980. The summed E-state index contributed by atoms with van der Waals surface area (Å²) in [4.78, 5) is 39.2. The second kappa shape index (κ2) is 7.79. The van der Waals surface area contributed by atoms with Gasteiger partial charge in [-0.3, -0.25) is 14.6 Å². The quantitative estimate of drug-likeness (QED) is 0.421. The number of nitrogens with one attached hydrogen (secondary N) is 3. The molecule has 4 N–H and O–H groups in total. The lowest BCUT2D eigenvalue weighted by Gasteiger charge is -2.07. The van der Waals surface area contributed by atoms with Crippen LogP contribution < -0.4 is 21.4 Å². The normalized spacial score (nSPS) is 10.8. The van der Waals surface area contributed by atoms with E-state index >= 15 is 0 Å². The second-order valence-electron chi connectivity index (χ2n) is 5.03. The van der Waals surface area contributed by atoms with Crippen molar-refractivity contribution in [1.29, 1.82) is 0 Å². The summed E-state index contributed by atoms with van der Waals surface area (Å²) in [5.41, 5.74) is 1.76. The van der Waals surface area contributed by atoms with E-state index in [-0.39, 0.29) is 23.5 Å². The minimum absolute atomic E-state index is 0.128. The first kappa shape index (κ1) is 18.5. The number of aromatic amines is 2. The number of amides is 1. The smallest absolute Gasteiger partial charge is 0.325 e. The van der Waals surface area contributed by atoms with Crippen molar-refractivity contribution in [2.45, 2.75) is 13.3 Å². The highest BCUT2D eigenvalue weighted by Crippen LogP contribution is 2.32. The first-order valence-electron chi connectivity index (χ1n) is 7.02. The molecule has 0 aliphatic carbocycles. The Morgan fingerprint density at radius 2 is 2.12 bits per heavy atom. The molecule has 0 saturated heterocycles. The van der Waals surface area contributed by atoms with Gasteiger partial charge in [0.15, 0.2) is 11.5 Å². The third kappa shape index (κ3) is 4.57. The molecular weight excluding hydrogens is 396 g/mol. The van der Waals surface area contributed by atoms with Crippen molar-refractivity contribution in [3.8, 4) is 11.5 Å². The van der Waals surface area contributed by atoms with Crippen molar-refractivity contribution in [3.05, 3.63) is 54.3 Å². The Hall–Kier alpha value is -2.88. The average Bonchev–Trinajstić information content (AvgIpc) is 2.53. The zero-order valence-electron chi connectivity index (χ0n) is 13.3. The van der Waals surface area contributed by atoms with Crippen LogP contribution in [0, 0.1) is 6.92 Å². The van der Waals surface area contributed by atoms with Crippen LogP contribution in [0.3, 0.4) is 0 Å². The number of rotatable bonds is 5. The zero-order chi connectivity index (χ0) is 18.6. The standard InChI is InChI=1S/C15H15BrN4O5/c1-7-10(14(23)19-15(24)18-7)5-12(21)20-17-6-8-3-9(16)4-11(25-2)13(8)22/h3-4,6,22H,5H2,1-2H3,(H,20,21)(H2,18,19,23,24)/b17-6-. The number of methoxy groups -OCH3 is 1. The van der Waals surface area contributed by atoms with E-state index in [9.17, 15) is 19.5 Å². The molecule has 0 unspecified atom stereocenters. The summed E-state index contributed by atoms with van der Waals surface area (Å²) < 4.78 is 5.67. The van der Waals surface area contributed by atoms with Crippen molar-refractivity contribution in [2.24, 2.45) is 5.10 Å². The van der Waals surface area contributed by atoms with Gasteiger partial charge in [-0.25, -0.2) is 10.2 Å². The lowest BCUT2D eigenvalue weighted by atomic mass is 10.1. The van der Waals surface area contributed by atoms with Gasteiger partial charge in [0.05, 0.1) is 19.7 Å². The summed E-state index contributed by atoms with van der Waals surface area (Å²) in [7, 11) is 1.41. The molecule has 0 aliphatic heterocycles. The predicted molar refractivity (Wildman–Crippen MR) is 94.2 cm³/mol. The second-order valence-corrected chi connectivity index (χ2v) is 5.94. The molecule has 0 aliphatic rings. The largest absolute Gasteiger partial charge is 0.504 e. The van der Waals surface area contributed by atoms with E-state index in [1.54, 1.807) is 12.1 Å². The molecule has 1 heterocycles. The van der Waals surface area contributed by atoms with Crippen LogP contribution in [-0.4, -0.2) is 34.3 Å². The Balaban J connectivity index is 2.11. The number of carbonyl (C=O) groups is 1. The first-order valence-corrected chi connectivity index (χ1v) is 7.81. The molecule has 0 fully saturated rings. The maximum atomic E-state index is 11.9. The van der Waals surface area contributed by atoms with Gasteiger partial charge in [-0.1, -0.05) is 15.9 Å². The fraction of sp³-hybridized carbons (Fsp3) is 0.200. The van der Waals surface area contributed by atoms with Crippen molar-refractivity contribution >= 4 is 28.1 Å². The molecule has 10 heteroatoms. The van der Waals surface area contributed by atoms with Crippen LogP contribution >= 0.6 is 15.9 Å². The van der Waals surface area contributed by atoms with Crippen LogP contribution in [0.2, 0.25) is 0 Å². The van der Waals surface area contributed by atoms with Gasteiger partial charge >= 0.3 is 5.69 Å². The monoisotopic (exact) mass is 410 g/mol. The highest BCUT2D eigenvalue weighted by molar-refractivity contribution is 9.10. The number of hydrogen-bond acceptors (Lipinski definition) is 6. The maximum absolute atomic E-state index is 11.9. The summed E-state index contributed by atoms with van der Waals surface area (Å²) in [5.74, 6) is -0.437. The van der Waals surface area contributed by atoms with Gasteiger partial charge in [0, 0.05) is 21.3 Å². The molecule has 0 spiro atoms. The lowest BCUT2D eigenvalue weighted by Crippen LogP contribution is -2.30. The molecule has 1 aromatic carbocycles. The number of phenols is 1. The summed E-state index contributed by atoms with van der Waals surface area (Å²) in [6, 6.07) is 3.17. The van der Waals surface area contributed by atoms with Crippen molar-refractivity contribution in [2.75, 3.05) is 7.11 Å². The minimum atomic E-state index is -0.635. The Morgan fingerprint density at radius 1 is 1.40 bits per heavy atom. The molecule has 0 atom stereocenters. The van der Waals surface area contributed by atoms with Crippen LogP contribution in [0.15, 0.2) is 31.3 Å². The number of aromatic hydroxyl groups is 1. The number of H-pyrrole nitrogens is 2. The molecule has 2 aromatic rings. The van der Waals surface area contributed by atoms with Gasteiger partial charge in [0.2, 0.25) is 5.91 Å². The third-order valence-corrected chi connectivity index (χ3v) is 3.73. The van der Waals surface area contributed by atoms with E-state index in [1.165, 1.54) is 20.2 Å². The van der Waals surface area contributed by atoms with Crippen LogP contribution in [0.4, 0.5) is 0 Å². The van der Waals surface area contributed by atoms with Gasteiger partial charge in [-0.15, -0.1) is 0 Å². The fourth-order valence-electron chi connectivity index (χ4n) is 2.06. The number of hydrogen-bond donors (Lipinski definition) is 4. The van der Waals surface area contributed by atoms with Gasteiger partial charge in [0.25, 0.3) is 5.56 Å². The van der Waals surface area contributed by atoms with E-state index in [0.717, 1.165) is 0 Å². The summed E-state index contributed by atoms with van der Waals surface area (Å²) >= 11 is 3.27. The van der Waals surface area contributed by atoms with Gasteiger partial charge in [0.1, 0.15) is 0 Å². The maximum Gasteiger partial charge on any atom is 0.325 e. The summed E-state index contributed by atoms with van der Waals surface area (Å²) in [6.45, 7) is 1.52. The Morgan fingerprint density at radius 3 is 2.76 bits per heavy atom. The molecule has 2 rings (SSSR count). The number of carbonyl (C=O) groups excluding carboxylic acids is 1. The van der Waals surface area contributed by atoms with Crippen LogP contribution in [-0.2, 0) is 11.2 Å². The van der Waals surface area contributed by atoms with Crippen molar-refractivity contribution in [1.82, 2.24) is 15.4 Å². The van der Waals surface area contributed by atoms with Gasteiger partial charge < -0.3 is 14.8 Å². The zero-order valence-corrected chi connectivity index (χ0v) is 14.9. The summed E-state index contributed by atoms with van der Waals surface area (Å²) in [5, 5.41) is 13.7. The van der Waals surface area contributed by atoms with Crippen molar-refractivity contribution in [3.63, 3.8) is 0 Å². The first-order chi connectivity index (χ1) is 11.8. The number of aryl methyl sites for hydroxylation is 1. The molecule has 0 bridgehead atoms. The van der Waals surface area contributed by atoms with E-state index < -0.39 is 17.2 Å². The third-order valence-electron chi connectivity index (χ3n) is 3.27. The molecule has 1 aromatic heterocycles. The van der Waals surface area contributed by atoms with Crippen LogP contribution in [0.5, 0.6) is 11.5 Å². The van der Waals surface area contributed by atoms with Crippen LogP contribution in [0.25, 0.3) is 0 Å². The SMILES string of the molecule is COc1cc(Br)cc(/C=N\NC(=O)Cc2c(C)[nH]c(=O)[nH]c2=O)c1O. The van der Waals surface area contributed by atoms with E-state index in [2.05, 4.69) is 36.4 Å². The van der Waals surface area contributed by atoms with Crippen molar-refractivity contribution < 1.29 is 14.6 Å². The fourth-order valence-corrected chi connectivity index (χ4v) is 2.52. The topological polar surface area (TPSA) is 137 Å². The molecule has 25 heavy (non-hydrogen) atoms. The highest BCUT2D eigenvalue weighted by Gasteiger charge is 2.11. The Labute approximate surface area is 149 Å². The average molecular weight is 411 g/mol. The lowest BCUT2D eigenvalue weighted by molar-refractivity contribution is -0.120. The molecule has 9 nitrogen and oxygen atoms in total. The number of ether oxygens (including phenoxy) is 1. The Kier molecular flexibility index (Phi) is 5.75. The van der Waals surface area contributed by atoms with E-state index in [0.29, 0.717) is 15.7 Å².